The molecular weight excluding hydrogens is 228 g/mol. The number of urea groups is 1. The standard InChI is InChI=1S/C14H12N2O2/c15-14(17)16-13-9-5-1-3-7-11(9)18-12-8-4-2-6-10(12)13/h1-8,13H,(H3,15,16,17). The third-order valence-electron chi connectivity index (χ3n) is 2.97. The molecule has 2 amide bonds. The molecule has 0 aliphatic carbocycles. The van der Waals surface area contributed by atoms with E-state index in [1.54, 1.807) is 0 Å². The van der Waals surface area contributed by atoms with Crippen molar-refractivity contribution in [3.63, 3.8) is 0 Å². The second-order valence-corrected chi connectivity index (χ2v) is 4.12. The molecule has 1 heterocycles. The molecule has 0 radical (unpaired) electrons. The van der Waals surface area contributed by atoms with Crippen molar-refractivity contribution in [2.45, 2.75) is 6.04 Å². The average molecular weight is 240 g/mol. The number of ether oxygens (including phenoxy) is 1. The highest BCUT2D eigenvalue weighted by Crippen LogP contribution is 2.42. The summed E-state index contributed by atoms with van der Waals surface area (Å²) in [5.74, 6) is 1.49. The van der Waals surface area contributed by atoms with Gasteiger partial charge in [-0.05, 0) is 12.1 Å². The summed E-state index contributed by atoms with van der Waals surface area (Å²) in [5.41, 5.74) is 7.07. The minimum Gasteiger partial charge on any atom is -0.457 e. The molecule has 0 spiro atoms. The fraction of sp³-hybridized carbons (Fsp3) is 0.0714. The van der Waals surface area contributed by atoms with Crippen LogP contribution in [0.25, 0.3) is 0 Å². The molecule has 0 bridgehead atoms. The van der Waals surface area contributed by atoms with Gasteiger partial charge in [0.05, 0.1) is 6.04 Å². The molecule has 0 atom stereocenters. The zero-order valence-corrected chi connectivity index (χ0v) is 9.59. The van der Waals surface area contributed by atoms with Crippen molar-refractivity contribution in [2.24, 2.45) is 5.73 Å². The van der Waals surface area contributed by atoms with Gasteiger partial charge in [-0.1, -0.05) is 36.4 Å². The lowest BCUT2D eigenvalue weighted by Gasteiger charge is -2.28. The van der Waals surface area contributed by atoms with E-state index in [4.69, 9.17) is 10.5 Å². The molecule has 0 unspecified atom stereocenters. The SMILES string of the molecule is NC(=O)NC1c2ccccc2Oc2ccccc21. The number of amides is 2. The van der Waals surface area contributed by atoms with Crippen LogP contribution in [0, 0.1) is 0 Å². The van der Waals surface area contributed by atoms with E-state index in [-0.39, 0.29) is 6.04 Å². The van der Waals surface area contributed by atoms with Crippen LogP contribution in [0.5, 0.6) is 11.5 Å². The molecule has 0 fully saturated rings. The molecule has 0 saturated carbocycles. The molecule has 4 heteroatoms. The van der Waals surface area contributed by atoms with Gasteiger partial charge in [-0.3, -0.25) is 0 Å². The fourth-order valence-corrected chi connectivity index (χ4v) is 2.21. The Kier molecular flexibility index (Phi) is 2.41. The number of fused-ring (bicyclic) bond motifs is 2. The predicted octanol–water partition coefficient (Wildman–Crippen LogP) is 2.55. The second-order valence-electron chi connectivity index (χ2n) is 4.12. The van der Waals surface area contributed by atoms with Gasteiger partial charge >= 0.3 is 6.03 Å². The van der Waals surface area contributed by atoms with Gasteiger partial charge in [-0.25, -0.2) is 4.79 Å². The van der Waals surface area contributed by atoms with Crippen molar-refractivity contribution in [3.8, 4) is 11.5 Å². The summed E-state index contributed by atoms with van der Waals surface area (Å²) in [4.78, 5) is 11.2. The maximum absolute atomic E-state index is 11.2. The first-order valence-electron chi connectivity index (χ1n) is 5.67. The van der Waals surface area contributed by atoms with Crippen molar-refractivity contribution in [1.82, 2.24) is 5.32 Å². The molecule has 1 aliphatic heterocycles. The molecular formula is C14H12N2O2. The van der Waals surface area contributed by atoms with Crippen molar-refractivity contribution in [2.75, 3.05) is 0 Å². The normalized spacial score (nSPS) is 13.1. The Morgan fingerprint density at radius 1 is 1.00 bits per heavy atom. The van der Waals surface area contributed by atoms with E-state index in [1.165, 1.54) is 0 Å². The summed E-state index contributed by atoms with van der Waals surface area (Å²) >= 11 is 0. The summed E-state index contributed by atoms with van der Waals surface area (Å²) in [6.07, 6.45) is 0. The molecule has 1 aliphatic rings. The van der Waals surface area contributed by atoms with Crippen LogP contribution >= 0.6 is 0 Å². The Balaban J connectivity index is 2.14. The number of hydrogen-bond acceptors (Lipinski definition) is 2. The molecule has 2 aromatic carbocycles. The summed E-state index contributed by atoms with van der Waals surface area (Å²) in [5, 5.41) is 2.75. The quantitative estimate of drug-likeness (QED) is 0.804. The number of rotatable bonds is 1. The zero-order chi connectivity index (χ0) is 12.5. The fourth-order valence-electron chi connectivity index (χ4n) is 2.21. The predicted molar refractivity (Wildman–Crippen MR) is 67.5 cm³/mol. The smallest absolute Gasteiger partial charge is 0.312 e. The highest BCUT2D eigenvalue weighted by molar-refractivity contribution is 5.74. The molecule has 0 saturated heterocycles. The van der Waals surface area contributed by atoms with E-state index in [0.717, 1.165) is 22.6 Å². The first-order valence-corrected chi connectivity index (χ1v) is 5.67. The second kappa shape index (κ2) is 4.07. The molecule has 2 aromatic rings. The van der Waals surface area contributed by atoms with Crippen LogP contribution < -0.4 is 15.8 Å². The number of carbonyl (C=O) groups excluding carboxylic acids is 1. The monoisotopic (exact) mass is 240 g/mol. The van der Waals surface area contributed by atoms with Crippen LogP contribution in [0.1, 0.15) is 17.2 Å². The number of hydrogen-bond donors (Lipinski definition) is 2. The van der Waals surface area contributed by atoms with Gasteiger partial charge in [0.15, 0.2) is 0 Å². The van der Waals surface area contributed by atoms with E-state index in [9.17, 15) is 4.79 Å². The van der Waals surface area contributed by atoms with Crippen molar-refractivity contribution < 1.29 is 9.53 Å². The van der Waals surface area contributed by atoms with Gasteiger partial charge in [0.1, 0.15) is 11.5 Å². The van der Waals surface area contributed by atoms with Gasteiger partial charge in [-0.2, -0.15) is 0 Å². The average Bonchev–Trinajstić information content (AvgIpc) is 2.38. The van der Waals surface area contributed by atoms with E-state index in [1.807, 2.05) is 48.5 Å². The third kappa shape index (κ3) is 1.68. The maximum atomic E-state index is 11.2. The zero-order valence-electron chi connectivity index (χ0n) is 9.59. The number of nitrogens with two attached hydrogens (primary N) is 1. The lowest BCUT2D eigenvalue weighted by atomic mass is 9.95. The number of primary amides is 1. The van der Waals surface area contributed by atoms with Crippen LogP contribution in [-0.4, -0.2) is 6.03 Å². The summed E-state index contributed by atoms with van der Waals surface area (Å²) in [6.45, 7) is 0. The minimum atomic E-state index is -0.550. The van der Waals surface area contributed by atoms with E-state index in [2.05, 4.69) is 5.32 Å². The Labute approximate surface area is 104 Å². The number of para-hydroxylation sites is 2. The van der Waals surface area contributed by atoms with Crippen molar-refractivity contribution >= 4 is 6.03 Å². The number of carbonyl (C=O) groups is 1. The van der Waals surface area contributed by atoms with E-state index in [0.29, 0.717) is 0 Å². The highest BCUT2D eigenvalue weighted by Gasteiger charge is 2.27. The van der Waals surface area contributed by atoms with E-state index >= 15 is 0 Å². The molecule has 90 valence electrons. The summed E-state index contributed by atoms with van der Waals surface area (Å²) < 4.78 is 5.80. The van der Waals surface area contributed by atoms with Gasteiger partial charge in [0, 0.05) is 11.1 Å². The van der Waals surface area contributed by atoms with Gasteiger partial charge < -0.3 is 15.8 Å². The highest BCUT2D eigenvalue weighted by atomic mass is 16.5. The molecule has 3 rings (SSSR count). The Morgan fingerprint density at radius 2 is 1.50 bits per heavy atom. The Bertz CT molecular complexity index is 565. The third-order valence-corrected chi connectivity index (χ3v) is 2.97. The van der Waals surface area contributed by atoms with Gasteiger partial charge in [0.25, 0.3) is 0 Å². The lowest BCUT2D eigenvalue weighted by Crippen LogP contribution is -2.35. The Hall–Kier alpha value is -2.49. The van der Waals surface area contributed by atoms with Crippen molar-refractivity contribution in [1.29, 1.82) is 0 Å². The van der Waals surface area contributed by atoms with Gasteiger partial charge in [-0.15, -0.1) is 0 Å². The number of nitrogens with one attached hydrogen (secondary N) is 1. The largest absolute Gasteiger partial charge is 0.457 e. The Morgan fingerprint density at radius 3 is 2.00 bits per heavy atom. The molecule has 0 aromatic heterocycles. The molecule has 18 heavy (non-hydrogen) atoms. The van der Waals surface area contributed by atoms with Crippen LogP contribution in [0.3, 0.4) is 0 Å². The topological polar surface area (TPSA) is 64.4 Å². The van der Waals surface area contributed by atoms with Crippen LogP contribution in [0.4, 0.5) is 4.79 Å². The van der Waals surface area contributed by atoms with Gasteiger partial charge in [0.2, 0.25) is 0 Å². The minimum absolute atomic E-state index is 0.261. The first kappa shape index (κ1) is 10.7. The van der Waals surface area contributed by atoms with Crippen LogP contribution in [-0.2, 0) is 0 Å². The maximum Gasteiger partial charge on any atom is 0.312 e. The van der Waals surface area contributed by atoms with Crippen molar-refractivity contribution in [3.05, 3.63) is 59.7 Å². The van der Waals surface area contributed by atoms with E-state index < -0.39 is 6.03 Å². The summed E-state index contributed by atoms with van der Waals surface area (Å²) in [7, 11) is 0. The number of benzene rings is 2. The first-order chi connectivity index (χ1) is 8.75. The summed E-state index contributed by atoms with van der Waals surface area (Å²) in [6, 6.07) is 14.4. The molecule has 4 nitrogen and oxygen atoms in total. The lowest BCUT2D eigenvalue weighted by molar-refractivity contribution is 0.246. The molecule has 3 N–H and O–H groups in total. The van der Waals surface area contributed by atoms with Crippen LogP contribution in [0.2, 0.25) is 0 Å². The van der Waals surface area contributed by atoms with Crippen LogP contribution in [0.15, 0.2) is 48.5 Å².